The molecule has 0 saturated carbocycles. The van der Waals surface area contributed by atoms with Gasteiger partial charge < -0.3 is 5.11 Å². The molecule has 0 aliphatic rings. The Hall–Kier alpha value is -0.410. The molecule has 0 aliphatic carbocycles. The molecule has 1 atom stereocenters. The lowest BCUT2D eigenvalue weighted by atomic mass is 10.4. The molecule has 0 fully saturated rings. The minimum atomic E-state index is -4.88. The molecule has 0 bridgehead atoms. The Morgan fingerprint density at radius 1 is 1.73 bits per heavy atom. The zero-order chi connectivity index (χ0) is 8.91. The van der Waals surface area contributed by atoms with Crippen molar-refractivity contribution >= 4 is 13.4 Å². The number of unbranched alkanes of at least 4 members (excludes halogenated alkanes) is 1. The van der Waals surface area contributed by atoms with Crippen molar-refractivity contribution in [2.45, 2.75) is 19.8 Å². The molecule has 0 radical (unpaired) electrons. The van der Waals surface area contributed by atoms with Gasteiger partial charge in [0.1, 0.15) is 0 Å². The highest BCUT2D eigenvalue weighted by Gasteiger charge is 2.32. The summed E-state index contributed by atoms with van der Waals surface area (Å²) in [4.78, 5) is 9.85. The lowest BCUT2D eigenvalue weighted by Gasteiger charge is -2.02. The SMILES string of the molecule is CCCCOP(=O)(F)C(=O)O. The molecule has 0 aromatic rings. The van der Waals surface area contributed by atoms with Crippen LogP contribution in [-0.2, 0) is 9.09 Å². The van der Waals surface area contributed by atoms with Gasteiger partial charge in [-0.15, -0.1) is 4.20 Å². The Bertz CT molecular complexity index is 181. The second kappa shape index (κ2) is 4.46. The highest BCUT2D eigenvalue weighted by molar-refractivity contribution is 7.70. The van der Waals surface area contributed by atoms with Crippen molar-refractivity contribution < 1.29 is 23.2 Å². The minimum absolute atomic E-state index is 0.115. The molecule has 0 amide bonds. The van der Waals surface area contributed by atoms with Crippen molar-refractivity contribution in [2.24, 2.45) is 0 Å². The van der Waals surface area contributed by atoms with Crippen molar-refractivity contribution in [1.29, 1.82) is 0 Å². The maximum atomic E-state index is 12.3. The summed E-state index contributed by atoms with van der Waals surface area (Å²) in [7, 11) is -4.88. The average Bonchev–Trinajstić information content (AvgIpc) is 1.88. The van der Waals surface area contributed by atoms with Crippen LogP contribution >= 0.6 is 7.68 Å². The Kier molecular flexibility index (Phi) is 4.30. The second-order valence-electron chi connectivity index (χ2n) is 1.95. The van der Waals surface area contributed by atoms with E-state index in [9.17, 15) is 13.6 Å². The summed E-state index contributed by atoms with van der Waals surface area (Å²) in [6.45, 7) is 1.71. The Morgan fingerprint density at radius 2 is 2.27 bits per heavy atom. The molecule has 0 aromatic heterocycles. The second-order valence-corrected chi connectivity index (χ2v) is 3.55. The summed E-state index contributed by atoms with van der Waals surface area (Å²) in [5, 5.41) is 7.98. The van der Waals surface area contributed by atoms with E-state index in [1.54, 1.807) is 0 Å². The highest BCUT2D eigenvalue weighted by Crippen LogP contribution is 2.49. The molecular formula is C5H10FO4P. The van der Waals surface area contributed by atoms with Crippen LogP contribution in [0.2, 0.25) is 0 Å². The van der Waals surface area contributed by atoms with Crippen LogP contribution in [0.1, 0.15) is 19.8 Å². The van der Waals surface area contributed by atoms with Crippen molar-refractivity contribution in [3.63, 3.8) is 0 Å². The van der Waals surface area contributed by atoms with Crippen molar-refractivity contribution in [3.05, 3.63) is 0 Å². The number of rotatable bonds is 5. The van der Waals surface area contributed by atoms with Crippen molar-refractivity contribution in [3.8, 4) is 0 Å². The van der Waals surface area contributed by atoms with Gasteiger partial charge in [-0.1, -0.05) is 13.3 Å². The van der Waals surface area contributed by atoms with Crippen LogP contribution in [-0.4, -0.2) is 17.4 Å². The maximum Gasteiger partial charge on any atom is 0.474 e. The van der Waals surface area contributed by atoms with Crippen LogP contribution in [0.5, 0.6) is 0 Å². The van der Waals surface area contributed by atoms with Gasteiger partial charge in [-0.25, -0.2) is 9.36 Å². The number of halogens is 1. The summed E-state index contributed by atoms with van der Waals surface area (Å²) in [6.07, 6.45) is 1.24. The molecule has 0 aromatic carbocycles. The molecule has 1 N–H and O–H groups in total. The monoisotopic (exact) mass is 184 g/mol. The van der Waals surface area contributed by atoms with Gasteiger partial charge in [-0.3, -0.25) is 4.52 Å². The highest BCUT2D eigenvalue weighted by atomic mass is 31.2. The fraction of sp³-hybridized carbons (Fsp3) is 0.800. The molecule has 1 unspecified atom stereocenters. The van der Waals surface area contributed by atoms with Gasteiger partial charge >= 0.3 is 13.4 Å². The summed E-state index contributed by atoms with van der Waals surface area (Å²) in [5.41, 5.74) is -2.02. The zero-order valence-corrected chi connectivity index (χ0v) is 7.01. The van der Waals surface area contributed by atoms with Gasteiger partial charge in [0, 0.05) is 0 Å². The van der Waals surface area contributed by atoms with Crippen LogP contribution < -0.4 is 0 Å². The predicted octanol–water partition coefficient (Wildman–Crippen LogP) is 2.64. The number of carbonyl (C=O) groups is 1. The third-order valence-electron chi connectivity index (χ3n) is 0.984. The maximum absolute atomic E-state index is 12.3. The van der Waals surface area contributed by atoms with E-state index in [0.717, 1.165) is 6.42 Å². The Balaban J connectivity index is 3.74. The van der Waals surface area contributed by atoms with Crippen LogP contribution in [0.15, 0.2) is 0 Å². The Labute approximate surface area is 63.9 Å². The normalized spacial score (nSPS) is 15.8. The van der Waals surface area contributed by atoms with Crippen LogP contribution in [0.4, 0.5) is 8.99 Å². The van der Waals surface area contributed by atoms with E-state index in [1.807, 2.05) is 6.92 Å². The molecular weight excluding hydrogens is 174 g/mol. The zero-order valence-electron chi connectivity index (χ0n) is 6.12. The van der Waals surface area contributed by atoms with Gasteiger partial charge in [0.25, 0.3) is 0 Å². The minimum Gasteiger partial charge on any atom is -0.472 e. The van der Waals surface area contributed by atoms with Gasteiger partial charge in [0.2, 0.25) is 0 Å². The van der Waals surface area contributed by atoms with E-state index in [1.165, 1.54) is 0 Å². The van der Waals surface area contributed by atoms with E-state index in [4.69, 9.17) is 5.11 Å². The lowest BCUT2D eigenvalue weighted by Crippen LogP contribution is -1.97. The Morgan fingerprint density at radius 3 is 2.64 bits per heavy atom. The number of hydrogen-bond acceptors (Lipinski definition) is 3. The molecule has 6 heteroatoms. The van der Waals surface area contributed by atoms with E-state index in [2.05, 4.69) is 4.52 Å². The predicted molar refractivity (Wildman–Crippen MR) is 37.6 cm³/mol. The number of carboxylic acid groups (broad SMARTS) is 1. The fourth-order valence-corrected chi connectivity index (χ4v) is 0.856. The van der Waals surface area contributed by atoms with Crippen LogP contribution in [0.3, 0.4) is 0 Å². The smallest absolute Gasteiger partial charge is 0.472 e. The van der Waals surface area contributed by atoms with E-state index >= 15 is 0 Å². The average molecular weight is 184 g/mol. The van der Waals surface area contributed by atoms with Crippen molar-refractivity contribution in [2.75, 3.05) is 6.61 Å². The first-order valence-corrected chi connectivity index (χ1v) is 4.70. The molecule has 0 saturated heterocycles. The quantitative estimate of drug-likeness (QED) is 0.526. The molecule has 11 heavy (non-hydrogen) atoms. The van der Waals surface area contributed by atoms with E-state index < -0.39 is 13.4 Å². The van der Waals surface area contributed by atoms with Gasteiger partial charge in [-0.2, -0.15) is 0 Å². The van der Waals surface area contributed by atoms with Gasteiger partial charge in [0.05, 0.1) is 6.61 Å². The first-order valence-electron chi connectivity index (χ1n) is 3.18. The summed E-state index contributed by atoms with van der Waals surface area (Å²) in [6, 6.07) is 0. The van der Waals surface area contributed by atoms with E-state index in [-0.39, 0.29) is 6.61 Å². The van der Waals surface area contributed by atoms with Crippen LogP contribution in [0, 0.1) is 0 Å². The first-order chi connectivity index (χ1) is 5.00. The third-order valence-corrected chi connectivity index (χ3v) is 1.96. The van der Waals surface area contributed by atoms with Crippen LogP contribution in [0.25, 0.3) is 0 Å². The molecule has 4 nitrogen and oxygen atoms in total. The molecule has 0 heterocycles. The topological polar surface area (TPSA) is 63.6 Å². The lowest BCUT2D eigenvalue weighted by molar-refractivity contribution is 0.203. The largest absolute Gasteiger partial charge is 0.474 e. The standard InChI is InChI=1S/C5H10FO4P/c1-2-3-4-10-11(6,9)5(7)8/h2-4H2,1H3,(H,7,8). The summed E-state index contributed by atoms with van der Waals surface area (Å²) < 4.78 is 26.6. The molecule has 0 rings (SSSR count). The molecule has 66 valence electrons. The van der Waals surface area contributed by atoms with E-state index in [0.29, 0.717) is 6.42 Å². The fourth-order valence-electron chi connectivity index (χ4n) is 0.382. The molecule has 0 spiro atoms. The van der Waals surface area contributed by atoms with Gasteiger partial charge in [-0.05, 0) is 6.42 Å². The number of hydrogen-bond donors (Lipinski definition) is 1. The van der Waals surface area contributed by atoms with Crippen molar-refractivity contribution in [1.82, 2.24) is 0 Å². The molecule has 0 aliphatic heterocycles. The summed E-state index contributed by atoms with van der Waals surface area (Å²) >= 11 is 0. The third kappa shape index (κ3) is 4.11. The summed E-state index contributed by atoms with van der Waals surface area (Å²) in [5.74, 6) is 0. The first kappa shape index (κ1) is 10.6. The van der Waals surface area contributed by atoms with Gasteiger partial charge in [0.15, 0.2) is 0 Å².